The Balaban J connectivity index is 2.07. The highest BCUT2D eigenvalue weighted by Crippen LogP contribution is 2.28. The van der Waals surface area contributed by atoms with Crippen LogP contribution in [0.1, 0.15) is 49.4 Å². The largest absolute Gasteiger partial charge is 0.497 e. The molecule has 9 heteroatoms. The molecule has 2 amide bonds. The molecule has 0 unspecified atom stereocenters. The molecule has 0 aliphatic rings. The molecular weight excluding hydrogens is 550 g/mol. The molecule has 0 spiro atoms. The molecule has 1 N–H and O–H groups in total. The first-order valence-electron chi connectivity index (χ1n) is 14.2. The van der Waals surface area contributed by atoms with Gasteiger partial charge in [0.25, 0.3) is 10.0 Å². The number of anilines is 1. The zero-order valence-corrected chi connectivity index (χ0v) is 26.5. The van der Waals surface area contributed by atoms with Gasteiger partial charge in [-0.3, -0.25) is 13.9 Å². The molecule has 0 aromatic heterocycles. The van der Waals surface area contributed by atoms with Gasteiger partial charge in [-0.1, -0.05) is 68.3 Å². The van der Waals surface area contributed by atoms with Crippen molar-refractivity contribution in [2.75, 3.05) is 24.5 Å². The first-order valence-corrected chi connectivity index (χ1v) is 15.7. The molecule has 8 nitrogen and oxygen atoms in total. The smallest absolute Gasteiger partial charge is 0.264 e. The van der Waals surface area contributed by atoms with Gasteiger partial charge in [0.1, 0.15) is 18.3 Å². The fraction of sp³-hybridized carbons (Fsp3) is 0.394. The maximum Gasteiger partial charge on any atom is 0.264 e. The summed E-state index contributed by atoms with van der Waals surface area (Å²) in [4.78, 5) is 29.2. The highest BCUT2D eigenvalue weighted by molar-refractivity contribution is 7.92. The average Bonchev–Trinajstić information content (AvgIpc) is 2.95. The lowest BCUT2D eigenvalue weighted by atomic mass is 10.1. The second-order valence-electron chi connectivity index (χ2n) is 11.0. The number of carbonyl (C=O) groups excluding carboxylic acids is 2. The van der Waals surface area contributed by atoms with Crippen LogP contribution in [-0.4, -0.2) is 51.4 Å². The van der Waals surface area contributed by atoms with Crippen molar-refractivity contribution in [2.45, 2.75) is 65.4 Å². The molecule has 3 aromatic carbocycles. The van der Waals surface area contributed by atoms with E-state index in [4.69, 9.17) is 4.74 Å². The summed E-state index contributed by atoms with van der Waals surface area (Å²) < 4.78 is 34.6. The first-order chi connectivity index (χ1) is 19.9. The van der Waals surface area contributed by atoms with E-state index in [9.17, 15) is 18.0 Å². The molecule has 0 aliphatic heterocycles. The van der Waals surface area contributed by atoms with Gasteiger partial charge < -0.3 is 15.0 Å². The van der Waals surface area contributed by atoms with Crippen LogP contribution in [0.2, 0.25) is 0 Å². The van der Waals surface area contributed by atoms with Crippen molar-refractivity contribution >= 4 is 27.5 Å². The summed E-state index contributed by atoms with van der Waals surface area (Å²) in [5.74, 6) is 0.154. The predicted molar refractivity (Wildman–Crippen MR) is 167 cm³/mol. The first kappa shape index (κ1) is 32.7. The molecule has 226 valence electrons. The van der Waals surface area contributed by atoms with Crippen molar-refractivity contribution in [3.05, 3.63) is 89.0 Å². The summed E-state index contributed by atoms with van der Waals surface area (Å²) in [6, 6.07) is 18.5. The lowest BCUT2D eigenvalue weighted by Crippen LogP contribution is -2.52. The van der Waals surface area contributed by atoms with Gasteiger partial charge in [-0.15, -0.1) is 0 Å². The van der Waals surface area contributed by atoms with E-state index in [2.05, 4.69) is 5.32 Å². The van der Waals surface area contributed by atoms with Crippen LogP contribution in [0.15, 0.2) is 71.6 Å². The molecule has 3 aromatic rings. The standard InChI is InChI=1S/C33H43N3O5S/c1-8-30(33(38)34-20-23(2)3)35(21-27-12-14-28(41-7)15-13-27)32(37)22-36(31-18-11-25(5)19-26(31)6)42(39,40)29-16-9-24(4)10-17-29/h9-19,23,30H,8,20-22H2,1-7H3,(H,34,38)/t30-/m0/s1. The van der Waals surface area contributed by atoms with Crippen molar-refractivity contribution in [2.24, 2.45) is 5.92 Å². The highest BCUT2D eigenvalue weighted by atomic mass is 32.2. The molecule has 0 bridgehead atoms. The number of aryl methyl sites for hydroxylation is 3. The van der Waals surface area contributed by atoms with Gasteiger partial charge in [-0.05, 0) is 74.6 Å². The number of ether oxygens (including phenoxy) is 1. The molecule has 0 saturated carbocycles. The third-order valence-electron chi connectivity index (χ3n) is 7.09. The molecular formula is C33H43N3O5S. The number of nitrogens with one attached hydrogen (secondary N) is 1. The lowest BCUT2D eigenvalue weighted by Gasteiger charge is -2.33. The second kappa shape index (κ2) is 14.4. The third-order valence-corrected chi connectivity index (χ3v) is 8.87. The van der Waals surface area contributed by atoms with Crippen LogP contribution in [0.4, 0.5) is 5.69 Å². The summed E-state index contributed by atoms with van der Waals surface area (Å²) >= 11 is 0. The summed E-state index contributed by atoms with van der Waals surface area (Å²) in [6.45, 7) is 11.6. The van der Waals surface area contributed by atoms with Crippen molar-refractivity contribution in [1.82, 2.24) is 10.2 Å². The van der Waals surface area contributed by atoms with Crippen molar-refractivity contribution in [3.63, 3.8) is 0 Å². The normalized spacial score (nSPS) is 12.1. The third kappa shape index (κ3) is 8.12. The van der Waals surface area contributed by atoms with Crippen LogP contribution < -0.4 is 14.4 Å². The summed E-state index contributed by atoms with van der Waals surface area (Å²) in [5, 5.41) is 2.95. The summed E-state index contributed by atoms with van der Waals surface area (Å²) in [7, 11) is -2.55. The van der Waals surface area contributed by atoms with E-state index in [0.29, 0.717) is 24.4 Å². The van der Waals surface area contributed by atoms with Gasteiger partial charge in [0, 0.05) is 13.1 Å². The van der Waals surface area contributed by atoms with Crippen LogP contribution in [0.3, 0.4) is 0 Å². The molecule has 0 radical (unpaired) electrons. The van der Waals surface area contributed by atoms with Crippen LogP contribution in [0.25, 0.3) is 0 Å². The molecule has 0 heterocycles. The van der Waals surface area contributed by atoms with Crippen LogP contribution >= 0.6 is 0 Å². The maximum atomic E-state index is 14.2. The Morgan fingerprint density at radius 2 is 1.52 bits per heavy atom. The number of hydrogen-bond donors (Lipinski definition) is 1. The Labute approximate surface area is 250 Å². The van der Waals surface area contributed by atoms with E-state index in [-0.39, 0.29) is 23.3 Å². The number of methoxy groups -OCH3 is 1. The van der Waals surface area contributed by atoms with E-state index in [1.807, 2.05) is 65.8 Å². The number of hydrogen-bond acceptors (Lipinski definition) is 5. The van der Waals surface area contributed by atoms with E-state index in [1.54, 1.807) is 49.6 Å². The van der Waals surface area contributed by atoms with Crippen LogP contribution in [0.5, 0.6) is 5.75 Å². The number of rotatable bonds is 13. The van der Waals surface area contributed by atoms with Gasteiger partial charge in [0.2, 0.25) is 11.8 Å². The maximum absolute atomic E-state index is 14.2. The molecule has 0 aliphatic carbocycles. The number of amides is 2. The summed E-state index contributed by atoms with van der Waals surface area (Å²) in [5.41, 5.74) is 3.83. The van der Waals surface area contributed by atoms with E-state index in [0.717, 1.165) is 26.6 Å². The monoisotopic (exact) mass is 593 g/mol. The van der Waals surface area contributed by atoms with Gasteiger partial charge in [-0.2, -0.15) is 0 Å². The van der Waals surface area contributed by atoms with E-state index < -0.39 is 28.5 Å². The quantitative estimate of drug-likeness (QED) is 0.287. The zero-order valence-electron chi connectivity index (χ0n) is 25.7. The number of benzene rings is 3. The second-order valence-corrected chi connectivity index (χ2v) is 12.9. The van der Waals surface area contributed by atoms with Crippen LogP contribution in [-0.2, 0) is 26.2 Å². The number of nitrogens with zero attached hydrogens (tertiary/aromatic N) is 2. The molecule has 0 saturated heterocycles. The summed E-state index contributed by atoms with van der Waals surface area (Å²) in [6.07, 6.45) is 0.361. The van der Waals surface area contributed by atoms with Gasteiger partial charge in [0.05, 0.1) is 17.7 Å². The predicted octanol–water partition coefficient (Wildman–Crippen LogP) is 5.40. The zero-order chi connectivity index (χ0) is 31.0. The van der Waals surface area contributed by atoms with Crippen molar-refractivity contribution in [1.29, 1.82) is 0 Å². The minimum Gasteiger partial charge on any atom is -0.497 e. The Hall–Kier alpha value is -3.85. The van der Waals surface area contributed by atoms with E-state index in [1.165, 1.54) is 4.90 Å². The fourth-order valence-corrected chi connectivity index (χ4v) is 6.18. The lowest BCUT2D eigenvalue weighted by molar-refractivity contribution is -0.140. The number of carbonyl (C=O) groups is 2. The van der Waals surface area contributed by atoms with Gasteiger partial charge in [-0.25, -0.2) is 8.42 Å². The molecule has 3 rings (SSSR count). The molecule has 1 atom stereocenters. The van der Waals surface area contributed by atoms with Crippen molar-refractivity contribution < 1.29 is 22.7 Å². The number of sulfonamides is 1. The minimum absolute atomic E-state index is 0.0873. The van der Waals surface area contributed by atoms with Crippen LogP contribution in [0, 0.1) is 26.7 Å². The van der Waals surface area contributed by atoms with Crippen molar-refractivity contribution in [3.8, 4) is 5.75 Å². The molecule has 42 heavy (non-hydrogen) atoms. The molecule has 0 fully saturated rings. The highest BCUT2D eigenvalue weighted by Gasteiger charge is 2.34. The Kier molecular flexibility index (Phi) is 11.2. The average molecular weight is 594 g/mol. The van der Waals surface area contributed by atoms with E-state index >= 15 is 0 Å². The Morgan fingerprint density at radius 1 is 0.905 bits per heavy atom. The Bertz CT molecular complexity index is 1470. The van der Waals surface area contributed by atoms with Gasteiger partial charge >= 0.3 is 0 Å². The minimum atomic E-state index is -4.12. The SMILES string of the molecule is CC[C@@H](C(=O)NCC(C)C)N(Cc1ccc(OC)cc1)C(=O)CN(c1ccc(C)cc1C)S(=O)(=O)c1ccc(C)cc1. The Morgan fingerprint density at radius 3 is 2.07 bits per heavy atom. The van der Waals surface area contributed by atoms with Gasteiger partial charge in [0.15, 0.2) is 0 Å². The fourth-order valence-electron chi connectivity index (χ4n) is 4.71. The topological polar surface area (TPSA) is 96.0 Å².